The standard InChI is InChI=1S/C20H35N5S/c1-20(2,25-10-5-4-6-11-25)16-23-19(21-3)22-9-13-24-12-7-18-17(15-24)8-14-26-18/h8,14H,4-7,9-13,15-16H2,1-3H3,(H2,21,22,23). The van der Waals surface area contributed by atoms with Gasteiger partial charge in [-0.25, -0.2) is 0 Å². The van der Waals surface area contributed by atoms with Gasteiger partial charge in [0.25, 0.3) is 0 Å². The maximum Gasteiger partial charge on any atom is 0.191 e. The van der Waals surface area contributed by atoms with Crippen LogP contribution >= 0.6 is 11.3 Å². The van der Waals surface area contributed by atoms with E-state index in [9.17, 15) is 0 Å². The molecular formula is C20H35N5S. The number of likely N-dealkylation sites (tertiary alicyclic amines) is 1. The van der Waals surface area contributed by atoms with Gasteiger partial charge in [0.15, 0.2) is 5.96 Å². The fraction of sp³-hybridized carbons (Fsp3) is 0.750. The van der Waals surface area contributed by atoms with Crippen LogP contribution in [0.5, 0.6) is 0 Å². The Bertz CT molecular complexity index is 589. The van der Waals surface area contributed by atoms with E-state index >= 15 is 0 Å². The number of hydrogen-bond donors (Lipinski definition) is 2. The monoisotopic (exact) mass is 377 g/mol. The van der Waals surface area contributed by atoms with E-state index in [1.807, 2.05) is 18.4 Å². The largest absolute Gasteiger partial charge is 0.355 e. The number of guanidine groups is 1. The summed E-state index contributed by atoms with van der Waals surface area (Å²) in [5, 5.41) is 9.25. The molecule has 3 rings (SSSR count). The molecule has 0 saturated carbocycles. The van der Waals surface area contributed by atoms with Crippen LogP contribution in [0.15, 0.2) is 16.4 Å². The molecule has 3 heterocycles. The molecule has 1 aromatic rings. The number of fused-ring (bicyclic) bond motifs is 1. The summed E-state index contributed by atoms with van der Waals surface area (Å²) in [6.07, 6.45) is 5.24. The van der Waals surface area contributed by atoms with Gasteiger partial charge in [-0.15, -0.1) is 11.3 Å². The summed E-state index contributed by atoms with van der Waals surface area (Å²) in [4.78, 5) is 11.1. The molecule has 0 aliphatic carbocycles. The van der Waals surface area contributed by atoms with Crippen LogP contribution in [-0.4, -0.2) is 67.6 Å². The second kappa shape index (κ2) is 9.20. The molecule has 2 aliphatic heterocycles. The first kappa shape index (κ1) is 19.6. The summed E-state index contributed by atoms with van der Waals surface area (Å²) < 4.78 is 0. The number of rotatable bonds is 6. The van der Waals surface area contributed by atoms with E-state index in [1.54, 1.807) is 4.88 Å². The van der Waals surface area contributed by atoms with Crippen LogP contribution in [0.4, 0.5) is 0 Å². The Kier molecular flexibility index (Phi) is 6.95. The van der Waals surface area contributed by atoms with Crippen LogP contribution in [-0.2, 0) is 13.0 Å². The minimum atomic E-state index is 0.167. The maximum atomic E-state index is 4.41. The molecule has 1 aromatic heterocycles. The first-order valence-electron chi connectivity index (χ1n) is 10.1. The van der Waals surface area contributed by atoms with Gasteiger partial charge in [0.1, 0.15) is 0 Å². The van der Waals surface area contributed by atoms with E-state index < -0.39 is 0 Å². The lowest BCUT2D eigenvalue weighted by molar-refractivity contribution is 0.0982. The number of aliphatic imine (C=N–C) groups is 1. The Balaban J connectivity index is 1.38. The zero-order chi connectivity index (χ0) is 18.4. The Morgan fingerprint density at radius 1 is 1.19 bits per heavy atom. The molecule has 0 radical (unpaired) electrons. The van der Waals surface area contributed by atoms with Crippen molar-refractivity contribution in [1.29, 1.82) is 0 Å². The van der Waals surface area contributed by atoms with Gasteiger partial charge in [0.2, 0.25) is 0 Å². The molecule has 0 aromatic carbocycles. The predicted octanol–water partition coefficient (Wildman–Crippen LogP) is 2.54. The van der Waals surface area contributed by atoms with Crippen LogP contribution in [0.2, 0.25) is 0 Å². The van der Waals surface area contributed by atoms with Crippen molar-refractivity contribution in [3.05, 3.63) is 21.9 Å². The van der Waals surface area contributed by atoms with Gasteiger partial charge < -0.3 is 10.6 Å². The van der Waals surface area contributed by atoms with Crippen LogP contribution in [0.1, 0.15) is 43.6 Å². The molecule has 0 atom stereocenters. The Labute approximate surface area is 162 Å². The van der Waals surface area contributed by atoms with Crippen LogP contribution in [0.3, 0.4) is 0 Å². The van der Waals surface area contributed by atoms with Crippen molar-refractivity contribution in [2.75, 3.05) is 46.3 Å². The molecule has 2 N–H and O–H groups in total. The van der Waals surface area contributed by atoms with Gasteiger partial charge in [-0.2, -0.15) is 0 Å². The van der Waals surface area contributed by atoms with Gasteiger partial charge in [-0.3, -0.25) is 14.8 Å². The second-order valence-electron chi connectivity index (χ2n) is 8.11. The minimum absolute atomic E-state index is 0.167. The summed E-state index contributed by atoms with van der Waals surface area (Å²) in [5.41, 5.74) is 1.69. The molecule has 146 valence electrons. The van der Waals surface area contributed by atoms with Gasteiger partial charge in [0.05, 0.1) is 0 Å². The molecule has 1 saturated heterocycles. The molecule has 0 amide bonds. The second-order valence-corrected chi connectivity index (χ2v) is 9.11. The molecule has 6 heteroatoms. The lowest BCUT2D eigenvalue weighted by Gasteiger charge is -2.41. The summed E-state index contributed by atoms with van der Waals surface area (Å²) in [7, 11) is 1.86. The maximum absolute atomic E-state index is 4.41. The van der Waals surface area contributed by atoms with Crippen LogP contribution in [0.25, 0.3) is 0 Å². The first-order chi connectivity index (χ1) is 12.6. The zero-order valence-electron chi connectivity index (χ0n) is 16.7. The van der Waals surface area contributed by atoms with Crippen LogP contribution in [0, 0.1) is 0 Å². The van der Waals surface area contributed by atoms with Gasteiger partial charge in [-0.1, -0.05) is 6.42 Å². The molecule has 2 aliphatic rings. The Hall–Kier alpha value is -1.11. The van der Waals surface area contributed by atoms with Gasteiger partial charge in [-0.05, 0) is 63.2 Å². The van der Waals surface area contributed by atoms with Crippen molar-refractivity contribution in [2.45, 2.75) is 51.6 Å². The molecule has 0 unspecified atom stereocenters. The zero-order valence-corrected chi connectivity index (χ0v) is 17.5. The summed E-state index contributed by atoms with van der Waals surface area (Å²) >= 11 is 1.90. The molecule has 1 fully saturated rings. The van der Waals surface area contributed by atoms with Crippen molar-refractivity contribution in [3.63, 3.8) is 0 Å². The molecule has 0 spiro atoms. The van der Waals surface area contributed by atoms with E-state index in [1.165, 1.54) is 50.9 Å². The van der Waals surface area contributed by atoms with E-state index in [4.69, 9.17) is 0 Å². The van der Waals surface area contributed by atoms with Gasteiger partial charge >= 0.3 is 0 Å². The average Bonchev–Trinajstić information content (AvgIpc) is 3.13. The van der Waals surface area contributed by atoms with Crippen LogP contribution < -0.4 is 10.6 Å². The van der Waals surface area contributed by atoms with Gasteiger partial charge in [0, 0.05) is 50.2 Å². The average molecular weight is 378 g/mol. The Morgan fingerprint density at radius 2 is 2.00 bits per heavy atom. The normalized spacial score (nSPS) is 20.0. The molecule has 5 nitrogen and oxygen atoms in total. The predicted molar refractivity (Wildman–Crippen MR) is 112 cm³/mol. The quantitative estimate of drug-likeness (QED) is 0.591. The van der Waals surface area contributed by atoms with Crippen molar-refractivity contribution in [2.24, 2.45) is 4.99 Å². The highest BCUT2D eigenvalue weighted by Crippen LogP contribution is 2.23. The summed E-state index contributed by atoms with van der Waals surface area (Å²) in [5.74, 6) is 0.920. The molecule has 0 bridgehead atoms. The highest BCUT2D eigenvalue weighted by Gasteiger charge is 2.27. The van der Waals surface area contributed by atoms with Crippen molar-refractivity contribution in [3.8, 4) is 0 Å². The lowest BCUT2D eigenvalue weighted by Crippen LogP contribution is -2.55. The van der Waals surface area contributed by atoms with E-state index in [2.05, 4.69) is 50.7 Å². The number of hydrogen-bond acceptors (Lipinski definition) is 4. The topological polar surface area (TPSA) is 42.9 Å². The third-order valence-corrected chi connectivity index (χ3v) is 6.75. The number of nitrogens with zero attached hydrogens (tertiary/aromatic N) is 3. The first-order valence-corrected chi connectivity index (χ1v) is 10.9. The number of nitrogens with one attached hydrogen (secondary N) is 2. The summed E-state index contributed by atoms with van der Waals surface area (Å²) in [6.45, 7) is 12.3. The van der Waals surface area contributed by atoms with Crippen molar-refractivity contribution >= 4 is 17.3 Å². The minimum Gasteiger partial charge on any atom is -0.355 e. The van der Waals surface area contributed by atoms with E-state index in [-0.39, 0.29) is 5.54 Å². The van der Waals surface area contributed by atoms with Crippen molar-refractivity contribution < 1.29 is 0 Å². The molecule has 26 heavy (non-hydrogen) atoms. The summed E-state index contributed by atoms with van der Waals surface area (Å²) in [6, 6.07) is 2.28. The fourth-order valence-electron chi connectivity index (χ4n) is 3.96. The third-order valence-electron chi connectivity index (χ3n) is 5.73. The Morgan fingerprint density at radius 3 is 2.77 bits per heavy atom. The highest BCUT2D eigenvalue weighted by atomic mass is 32.1. The number of thiophene rings is 1. The third kappa shape index (κ3) is 5.21. The number of piperidine rings is 1. The SMILES string of the molecule is CN=C(NCCN1CCc2sccc2C1)NCC(C)(C)N1CCCCC1. The van der Waals surface area contributed by atoms with E-state index in [0.29, 0.717) is 0 Å². The van der Waals surface area contributed by atoms with E-state index in [0.717, 1.165) is 32.1 Å². The fourth-order valence-corrected chi connectivity index (χ4v) is 4.85. The lowest BCUT2D eigenvalue weighted by atomic mass is 9.98. The van der Waals surface area contributed by atoms with Crippen molar-refractivity contribution in [1.82, 2.24) is 20.4 Å². The smallest absolute Gasteiger partial charge is 0.191 e. The highest BCUT2D eigenvalue weighted by molar-refractivity contribution is 7.10. The molecular weight excluding hydrogens is 342 g/mol.